The number of benzene rings is 1. The first kappa shape index (κ1) is 68.7. The molecule has 35 atom stereocenters. The van der Waals surface area contributed by atoms with Crippen LogP contribution in [0.15, 0.2) is 17.0 Å². The molecule has 504 valence electrons. The van der Waals surface area contributed by atoms with Crippen LogP contribution in [0, 0.1) is 20.8 Å². The molecule has 0 unspecified atom stereocenters. The van der Waals surface area contributed by atoms with Gasteiger partial charge in [-0.05, 0) is 31.9 Å². The lowest BCUT2D eigenvalue weighted by Gasteiger charge is -2.50. The average Bonchev–Trinajstić information content (AvgIpc) is 1.59. The number of rotatable bonds is 10. The van der Waals surface area contributed by atoms with Crippen LogP contribution in [-0.4, -0.2) is 362 Å². The van der Waals surface area contributed by atoms with Gasteiger partial charge in [-0.15, -0.1) is 0 Å². The molecule has 1 aromatic rings. The minimum absolute atomic E-state index is 0.200. The molecule has 14 bridgehead atoms. The van der Waals surface area contributed by atoms with Gasteiger partial charge in [0.15, 0.2) is 50.1 Å². The van der Waals surface area contributed by atoms with Crippen LogP contribution < -0.4 is 0 Å². The molecular formula is C51H78O36S. The molecule has 17 rings (SSSR count). The van der Waals surface area contributed by atoms with E-state index in [1.165, 1.54) is 26.0 Å². The van der Waals surface area contributed by atoms with Crippen molar-refractivity contribution in [1.29, 1.82) is 0 Å². The molecule has 16 aliphatic heterocycles. The van der Waals surface area contributed by atoms with Gasteiger partial charge in [0.25, 0.3) is 10.1 Å². The fourth-order valence-electron chi connectivity index (χ4n) is 12.5. The minimum atomic E-state index is -5.00. The number of aryl methyl sites for hydroxylation is 3. The van der Waals surface area contributed by atoms with Crippen molar-refractivity contribution in [2.75, 3.05) is 46.2 Å². The van der Waals surface area contributed by atoms with Crippen LogP contribution in [0.1, 0.15) is 16.7 Å². The maximum Gasteiger partial charge on any atom is 0.298 e. The van der Waals surface area contributed by atoms with Crippen LogP contribution >= 0.6 is 0 Å². The van der Waals surface area contributed by atoms with Crippen molar-refractivity contribution >= 4 is 10.1 Å². The largest absolute Gasteiger partial charge is 0.394 e. The van der Waals surface area contributed by atoms with Crippen LogP contribution in [-0.2, 0) is 85.4 Å². The SMILES string of the molecule is Cc1cc(C)c(S(=O)(=O)O[C@H]2[C@H]3O[C@H]4[C@H](O)[C@@H](O)[C@@H](O[C@H]5[C@H](O)[C@@H](O)[C@@H](O[C@H]6[C@H](O)[C@@H](O)[C@@H](O[C@H]7[C@H](O)[C@@H](O)[C@@H](O[C@H]8[C@H](O)[C@@H](O)[C@@H](O[C@H]9[C@@H]%10O[C@@H]%10[C@@H](O[C@@H]([C@@H]2O)[C@@H](CO)O3)O[C@@H]9CO)O[C@@H]8CO)O[C@@H]7CO)O[C@@H]6CO)O[C@@H]5CO)O[C@@H]4CO)c(C)c1. The van der Waals surface area contributed by atoms with Crippen molar-refractivity contribution in [1.82, 2.24) is 0 Å². The minimum Gasteiger partial charge on any atom is -0.394 e. The summed E-state index contributed by atoms with van der Waals surface area (Å²) in [5.41, 5.74) is 1.07. The lowest BCUT2D eigenvalue weighted by molar-refractivity contribution is -0.396. The third-order valence-electron chi connectivity index (χ3n) is 17.0. The highest BCUT2D eigenvalue weighted by atomic mass is 32.2. The molecule has 16 fully saturated rings. The van der Waals surface area contributed by atoms with E-state index in [0.29, 0.717) is 5.56 Å². The number of ether oxygens (including phenoxy) is 15. The Balaban J connectivity index is 0.969. The average molecular weight is 1300 g/mol. The Bertz CT molecular complexity index is 2550. The number of hydrogen-bond donors (Lipinski definition) is 18. The summed E-state index contributed by atoms with van der Waals surface area (Å²) in [4.78, 5) is -0.351. The molecule has 0 saturated carbocycles. The molecule has 0 spiro atoms. The smallest absolute Gasteiger partial charge is 0.298 e. The van der Waals surface area contributed by atoms with Crippen LogP contribution in [0.4, 0.5) is 0 Å². The third-order valence-corrected chi connectivity index (χ3v) is 18.7. The van der Waals surface area contributed by atoms with E-state index in [0.717, 1.165) is 0 Å². The summed E-state index contributed by atoms with van der Waals surface area (Å²) in [6.45, 7) is -2.55. The molecule has 36 nitrogen and oxygen atoms in total. The number of aliphatic hydroxyl groups is 18. The Labute approximate surface area is 500 Å². The Morgan fingerprint density at radius 2 is 0.557 bits per heavy atom. The van der Waals surface area contributed by atoms with Gasteiger partial charge < -0.3 is 163 Å². The van der Waals surface area contributed by atoms with E-state index in [-0.39, 0.29) is 16.0 Å². The quantitative estimate of drug-likeness (QED) is 0.0764. The second-order valence-electron chi connectivity index (χ2n) is 23.0. The molecule has 37 heteroatoms. The summed E-state index contributed by atoms with van der Waals surface area (Å²) >= 11 is 0. The molecule has 0 amide bonds. The second-order valence-corrected chi connectivity index (χ2v) is 24.5. The van der Waals surface area contributed by atoms with Gasteiger partial charge in [-0.2, -0.15) is 8.42 Å². The topological polar surface area (TPSA) is 549 Å². The summed E-state index contributed by atoms with van der Waals surface area (Å²) in [5, 5.41) is 201. The maximum absolute atomic E-state index is 14.4. The molecule has 16 aliphatic rings. The molecule has 0 radical (unpaired) electrons. The summed E-state index contributed by atoms with van der Waals surface area (Å²) in [6, 6.07) is 3.06. The van der Waals surface area contributed by atoms with Gasteiger partial charge in [0, 0.05) is 0 Å². The van der Waals surface area contributed by atoms with Gasteiger partial charge >= 0.3 is 0 Å². The summed E-state index contributed by atoms with van der Waals surface area (Å²) < 4.78 is 123. The Morgan fingerprint density at radius 1 is 0.307 bits per heavy atom. The van der Waals surface area contributed by atoms with Gasteiger partial charge in [-0.3, -0.25) is 4.18 Å². The first-order valence-electron chi connectivity index (χ1n) is 28.4. The van der Waals surface area contributed by atoms with Gasteiger partial charge in [0.2, 0.25) is 0 Å². The Kier molecular flexibility index (Phi) is 21.9. The molecule has 16 saturated heterocycles. The van der Waals surface area contributed by atoms with E-state index in [1.54, 1.807) is 6.92 Å². The second kappa shape index (κ2) is 28.0. The van der Waals surface area contributed by atoms with Crippen molar-refractivity contribution in [2.24, 2.45) is 0 Å². The summed E-state index contributed by atoms with van der Waals surface area (Å²) in [6.07, 6.45) is -67.4. The van der Waals surface area contributed by atoms with Crippen molar-refractivity contribution < 1.29 is 176 Å². The zero-order chi connectivity index (χ0) is 63.7. The predicted octanol–water partition coefficient (Wildman–Crippen LogP) is -11.8. The third kappa shape index (κ3) is 13.2. The van der Waals surface area contributed by atoms with Gasteiger partial charge in [-0.25, -0.2) is 0 Å². The molecule has 18 N–H and O–H groups in total. The number of hydrogen-bond acceptors (Lipinski definition) is 36. The maximum atomic E-state index is 14.4. The summed E-state index contributed by atoms with van der Waals surface area (Å²) in [5.74, 6) is 0. The van der Waals surface area contributed by atoms with Gasteiger partial charge in [-0.1, -0.05) is 17.7 Å². The summed E-state index contributed by atoms with van der Waals surface area (Å²) in [7, 11) is -5.00. The van der Waals surface area contributed by atoms with E-state index >= 15 is 0 Å². The first-order valence-corrected chi connectivity index (χ1v) is 29.8. The normalized spacial score (nSPS) is 50.4. The van der Waals surface area contributed by atoms with Crippen molar-refractivity contribution in [3.8, 4) is 0 Å². The van der Waals surface area contributed by atoms with Crippen LogP contribution in [0.2, 0.25) is 0 Å². The zero-order valence-corrected chi connectivity index (χ0v) is 47.9. The number of epoxide rings is 1. The van der Waals surface area contributed by atoms with E-state index < -0.39 is 271 Å². The lowest BCUT2D eigenvalue weighted by Crippen LogP contribution is -2.68. The van der Waals surface area contributed by atoms with Gasteiger partial charge in [0.05, 0.1) is 51.1 Å². The fraction of sp³-hybridized carbons (Fsp3) is 0.882. The van der Waals surface area contributed by atoms with Crippen molar-refractivity contribution in [3.05, 3.63) is 28.8 Å². The predicted molar refractivity (Wildman–Crippen MR) is 272 cm³/mol. The first-order chi connectivity index (χ1) is 41.8. The Morgan fingerprint density at radius 3 is 0.875 bits per heavy atom. The van der Waals surface area contributed by atoms with Crippen LogP contribution in [0.3, 0.4) is 0 Å². The molecule has 88 heavy (non-hydrogen) atoms. The highest BCUT2D eigenvalue weighted by Crippen LogP contribution is 2.44. The lowest BCUT2D eigenvalue weighted by atomic mass is 9.95. The van der Waals surface area contributed by atoms with Crippen molar-refractivity contribution in [3.63, 3.8) is 0 Å². The van der Waals surface area contributed by atoms with E-state index in [4.69, 9.17) is 75.2 Å². The molecule has 0 aliphatic carbocycles. The zero-order valence-electron chi connectivity index (χ0n) is 47.1. The molecular weight excluding hydrogens is 1220 g/mol. The monoisotopic (exact) mass is 1300 g/mol. The molecule has 16 heterocycles. The van der Waals surface area contributed by atoms with Crippen LogP contribution in [0.25, 0.3) is 0 Å². The number of aliphatic hydroxyl groups excluding tert-OH is 18. The van der Waals surface area contributed by atoms with Crippen LogP contribution in [0.5, 0.6) is 0 Å². The molecule has 0 aromatic heterocycles. The number of fused-ring (bicyclic) bond motifs is 7. The Hall–Kier alpha value is -2.19. The molecule has 1 aromatic carbocycles. The highest BCUT2D eigenvalue weighted by Gasteiger charge is 2.64. The standard InChI is InChI=1S/C51H78O36S/c1-13-4-14(2)44(15(3)5-13)88(70,71)87-41-33(69)39-21(11-57)77-50(41)84-38-20(10-56)75-48(31(67)27(38)63)82-36-18(8-54)73-46(29(65)25(36)61)80-34-16(6-52)72-45(28(64)23(34)59)81-35-17(7-53)74-47(30(66)24(35)60)83-37-19(9-55)76-49(32(68)26(37)62)86-40-22(12-58)78-51(85-39)43-42(40)79-43/h4-5,16-43,45-69H,6-12H2,1-3H3/t16-,17-,18-,19-,20-,21-,22-,23-,24-,25-,26-,27-,28-,29-,30-,31-,32-,33+,34-,35-,36-,37-,38-,39-,40-,41-,42+,43+,45-,46-,47-,48-,49-,50-,51-/m1/s1. The van der Waals surface area contributed by atoms with Crippen molar-refractivity contribution in [2.45, 2.75) is 241 Å². The van der Waals surface area contributed by atoms with Gasteiger partial charge in [0.1, 0.15) is 165 Å². The fourth-order valence-corrected chi connectivity index (χ4v) is 14.0. The van der Waals surface area contributed by atoms with E-state index in [9.17, 15) is 100 Å². The van der Waals surface area contributed by atoms with E-state index in [1.807, 2.05) is 0 Å². The highest BCUT2D eigenvalue weighted by molar-refractivity contribution is 7.86. The van der Waals surface area contributed by atoms with E-state index in [2.05, 4.69) is 0 Å².